The molecule has 0 saturated carbocycles. The lowest BCUT2D eigenvalue weighted by atomic mass is 9.96. The van der Waals surface area contributed by atoms with Crippen molar-refractivity contribution in [3.8, 4) is 5.75 Å². The van der Waals surface area contributed by atoms with E-state index >= 15 is 0 Å². The Labute approximate surface area is 213 Å². The Bertz CT molecular complexity index is 1200. The summed E-state index contributed by atoms with van der Waals surface area (Å²) in [6.45, 7) is 3.64. The number of nitrogens with zero attached hydrogens (tertiary/aromatic N) is 2. The second-order valence-corrected chi connectivity index (χ2v) is 9.16. The molecule has 0 atom stereocenters. The normalized spacial score (nSPS) is 14.1. The zero-order valence-electron chi connectivity index (χ0n) is 20.5. The molecule has 1 aliphatic rings. The zero-order valence-corrected chi connectivity index (χ0v) is 20.5. The van der Waals surface area contributed by atoms with Gasteiger partial charge < -0.3 is 9.64 Å². The molecular weight excluding hydrogens is 444 g/mol. The minimum atomic E-state index is 0.0686. The summed E-state index contributed by atoms with van der Waals surface area (Å²) in [5.41, 5.74) is 4.49. The van der Waals surface area contributed by atoms with Crippen molar-refractivity contribution in [1.29, 1.82) is 0 Å². The van der Waals surface area contributed by atoms with Crippen LogP contribution in [0.1, 0.15) is 33.1 Å². The zero-order chi connectivity index (χ0) is 24.6. The number of hydrogen-bond donors (Lipinski definition) is 0. The van der Waals surface area contributed by atoms with Gasteiger partial charge in [-0.1, -0.05) is 97.1 Å². The summed E-state index contributed by atoms with van der Waals surface area (Å²) in [4.78, 5) is 17.8. The molecule has 1 saturated heterocycles. The Hall–Kier alpha value is -3.89. The second-order valence-electron chi connectivity index (χ2n) is 9.16. The standard InChI is InChI=1S/C32H32N2O2/c35-32(29-17-10-18-30(25-29)36-24-19-26-11-4-1-5-12-26)34-22-20-33(21-23-34)31(27-13-6-2-7-14-27)28-15-8-3-9-16-28/h1-18,25,31H,19-24H2. The van der Waals surface area contributed by atoms with Gasteiger partial charge in [0.2, 0.25) is 0 Å². The molecule has 4 aromatic carbocycles. The average Bonchev–Trinajstić information content (AvgIpc) is 2.95. The molecule has 0 aromatic heterocycles. The van der Waals surface area contributed by atoms with Crippen LogP contribution >= 0.6 is 0 Å². The fourth-order valence-electron chi connectivity index (χ4n) is 4.90. The van der Waals surface area contributed by atoms with Gasteiger partial charge in [-0.15, -0.1) is 0 Å². The van der Waals surface area contributed by atoms with Crippen molar-refractivity contribution in [1.82, 2.24) is 9.80 Å². The van der Waals surface area contributed by atoms with Gasteiger partial charge in [0.25, 0.3) is 5.91 Å². The van der Waals surface area contributed by atoms with Crippen molar-refractivity contribution < 1.29 is 9.53 Å². The maximum Gasteiger partial charge on any atom is 0.254 e. The summed E-state index contributed by atoms with van der Waals surface area (Å²) < 4.78 is 5.96. The molecule has 4 heteroatoms. The Morgan fingerprint density at radius 3 is 1.89 bits per heavy atom. The van der Waals surface area contributed by atoms with Gasteiger partial charge in [0.05, 0.1) is 12.6 Å². The first-order valence-corrected chi connectivity index (χ1v) is 12.7. The van der Waals surface area contributed by atoms with Gasteiger partial charge in [0.15, 0.2) is 0 Å². The van der Waals surface area contributed by atoms with Gasteiger partial charge in [-0.2, -0.15) is 0 Å². The molecular formula is C32H32N2O2. The molecule has 1 amide bonds. The number of benzene rings is 4. The number of ether oxygens (including phenoxy) is 1. The Balaban J connectivity index is 1.21. The fourth-order valence-corrected chi connectivity index (χ4v) is 4.90. The van der Waals surface area contributed by atoms with E-state index in [1.807, 2.05) is 47.4 Å². The lowest BCUT2D eigenvalue weighted by Gasteiger charge is -2.39. The highest BCUT2D eigenvalue weighted by atomic mass is 16.5. The molecule has 1 fully saturated rings. The van der Waals surface area contributed by atoms with Gasteiger partial charge in [0, 0.05) is 38.2 Å². The van der Waals surface area contributed by atoms with E-state index in [9.17, 15) is 4.79 Å². The van der Waals surface area contributed by atoms with Crippen molar-refractivity contribution in [3.05, 3.63) is 138 Å². The van der Waals surface area contributed by atoms with Crippen LogP contribution in [0.15, 0.2) is 115 Å². The number of hydrogen-bond acceptors (Lipinski definition) is 3. The second kappa shape index (κ2) is 11.7. The van der Waals surface area contributed by atoms with E-state index in [2.05, 4.69) is 77.7 Å². The van der Waals surface area contributed by atoms with E-state index in [0.29, 0.717) is 25.3 Å². The largest absolute Gasteiger partial charge is 0.493 e. The van der Waals surface area contributed by atoms with Gasteiger partial charge >= 0.3 is 0 Å². The monoisotopic (exact) mass is 476 g/mol. The van der Waals surface area contributed by atoms with Gasteiger partial charge in [-0.25, -0.2) is 0 Å². The van der Waals surface area contributed by atoms with Crippen LogP contribution in [0, 0.1) is 0 Å². The van der Waals surface area contributed by atoms with Gasteiger partial charge in [-0.3, -0.25) is 9.69 Å². The highest BCUT2D eigenvalue weighted by Gasteiger charge is 2.28. The molecule has 0 N–H and O–H groups in total. The molecule has 4 aromatic rings. The van der Waals surface area contributed by atoms with Crippen LogP contribution in [0.25, 0.3) is 0 Å². The lowest BCUT2D eigenvalue weighted by molar-refractivity contribution is 0.0597. The van der Waals surface area contributed by atoms with Crippen molar-refractivity contribution >= 4 is 5.91 Å². The average molecular weight is 477 g/mol. The summed E-state index contributed by atoms with van der Waals surface area (Å²) in [5.74, 6) is 0.808. The number of carbonyl (C=O) groups excluding carboxylic acids is 1. The van der Waals surface area contributed by atoms with Gasteiger partial charge in [-0.05, 0) is 34.9 Å². The molecule has 0 spiro atoms. The molecule has 182 valence electrons. The quantitative estimate of drug-likeness (QED) is 0.320. The van der Waals surface area contributed by atoms with Gasteiger partial charge in [0.1, 0.15) is 5.75 Å². The molecule has 4 nitrogen and oxygen atoms in total. The molecule has 36 heavy (non-hydrogen) atoms. The maximum absolute atomic E-state index is 13.3. The van der Waals surface area contributed by atoms with Crippen molar-refractivity contribution in [2.45, 2.75) is 12.5 Å². The van der Waals surface area contributed by atoms with Crippen LogP contribution in [-0.4, -0.2) is 48.5 Å². The Morgan fingerprint density at radius 2 is 1.28 bits per heavy atom. The predicted molar refractivity (Wildman–Crippen MR) is 144 cm³/mol. The number of rotatable bonds is 8. The van der Waals surface area contributed by atoms with Crippen LogP contribution in [-0.2, 0) is 6.42 Å². The molecule has 5 rings (SSSR count). The van der Waals surface area contributed by atoms with Crippen LogP contribution in [0.5, 0.6) is 5.75 Å². The highest BCUT2D eigenvalue weighted by Crippen LogP contribution is 2.29. The molecule has 1 heterocycles. The highest BCUT2D eigenvalue weighted by molar-refractivity contribution is 5.94. The minimum absolute atomic E-state index is 0.0686. The Morgan fingerprint density at radius 1 is 0.694 bits per heavy atom. The topological polar surface area (TPSA) is 32.8 Å². The van der Waals surface area contributed by atoms with E-state index in [-0.39, 0.29) is 11.9 Å². The van der Waals surface area contributed by atoms with Crippen LogP contribution < -0.4 is 4.74 Å². The number of piperazine rings is 1. The van der Waals surface area contributed by atoms with Crippen molar-refractivity contribution in [2.75, 3.05) is 32.8 Å². The fraction of sp³-hybridized carbons (Fsp3) is 0.219. The first-order valence-electron chi connectivity index (χ1n) is 12.7. The van der Waals surface area contributed by atoms with Crippen molar-refractivity contribution in [2.24, 2.45) is 0 Å². The predicted octanol–water partition coefficient (Wildman–Crippen LogP) is 5.86. The Kier molecular flexibility index (Phi) is 7.74. The molecule has 0 bridgehead atoms. The molecule has 1 aliphatic heterocycles. The third kappa shape index (κ3) is 5.84. The number of amides is 1. The van der Waals surface area contributed by atoms with E-state index in [4.69, 9.17) is 4.74 Å². The summed E-state index contributed by atoms with van der Waals surface area (Å²) in [6, 6.07) is 39.3. The first-order chi connectivity index (χ1) is 17.8. The molecule has 0 unspecified atom stereocenters. The van der Waals surface area contributed by atoms with E-state index in [1.165, 1.54) is 16.7 Å². The summed E-state index contributed by atoms with van der Waals surface area (Å²) in [7, 11) is 0. The van der Waals surface area contributed by atoms with E-state index in [1.54, 1.807) is 0 Å². The molecule has 0 aliphatic carbocycles. The van der Waals surface area contributed by atoms with E-state index in [0.717, 1.165) is 25.3 Å². The van der Waals surface area contributed by atoms with Crippen LogP contribution in [0.3, 0.4) is 0 Å². The maximum atomic E-state index is 13.3. The summed E-state index contributed by atoms with van der Waals surface area (Å²) in [6.07, 6.45) is 0.838. The van der Waals surface area contributed by atoms with Crippen LogP contribution in [0.4, 0.5) is 0 Å². The third-order valence-corrected chi connectivity index (χ3v) is 6.78. The lowest BCUT2D eigenvalue weighted by Crippen LogP contribution is -2.49. The summed E-state index contributed by atoms with van der Waals surface area (Å²) in [5, 5.41) is 0. The smallest absolute Gasteiger partial charge is 0.254 e. The van der Waals surface area contributed by atoms with E-state index < -0.39 is 0 Å². The minimum Gasteiger partial charge on any atom is -0.493 e. The summed E-state index contributed by atoms with van der Waals surface area (Å²) >= 11 is 0. The first kappa shape index (κ1) is 23.8. The SMILES string of the molecule is O=C(c1cccc(OCCc2ccccc2)c1)N1CCN(C(c2ccccc2)c2ccccc2)CC1. The van der Waals surface area contributed by atoms with Crippen LogP contribution in [0.2, 0.25) is 0 Å². The molecule has 0 radical (unpaired) electrons. The third-order valence-electron chi connectivity index (χ3n) is 6.78. The number of carbonyl (C=O) groups is 1. The van der Waals surface area contributed by atoms with Crippen molar-refractivity contribution in [3.63, 3.8) is 0 Å².